The first kappa shape index (κ1) is 21.7. The van der Waals surface area contributed by atoms with Gasteiger partial charge in [-0.3, -0.25) is 0 Å². The number of nitrogens with zero attached hydrogens (tertiary/aromatic N) is 1. The van der Waals surface area contributed by atoms with Crippen molar-refractivity contribution in [1.29, 1.82) is 5.26 Å². The summed E-state index contributed by atoms with van der Waals surface area (Å²) in [5, 5.41) is 13.1. The molecule has 0 amide bonds. The normalized spacial score (nSPS) is 16.1. The molecule has 2 aromatic carbocycles. The van der Waals surface area contributed by atoms with Crippen LogP contribution in [-0.4, -0.2) is 12.6 Å². The highest BCUT2D eigenvalue weighted by Crippen LogP contribution is 2.42. The summed E-state index contributed by atoms with van der Waals surface area (Å²) in [4.78, 5) is 14.0. The van der Waals surface area contributed by atoms with E-state index < -0.39 is 5.92 Å². The Bertz CT molecular complexity index is 1020. The van der Waals surface area contributed by atoms with Crippen molar-refractivity contribution in [2.45, 2.75) is 43.8 Å². The van der Waals surface area contributed by atoms with Gasteiger partial charge in [0.2, 0.25) is 0 Å². The van der Waals surface area contributed by atoms with Crippen molar-refractivity contribution in [3.8, 4) is 6.07 Å². The van der Waals surface area contributed by atoms with Gasteiger partial charge in [-0.25, -0.2) is 4.79 Å². The quantitative estimate of drug-likeness (QED) is 0.462. The molecule has 3 rings (SSSR count). The molecule has 1 unspecified atom stereocenters. The topological polar surface area (TPSA) is 62.1 Å². The lowest BCUT2D eigenvalue weighted by Crippen LogP contribution is -2.29. The van der Waals surface area contributed by atoms with Crippen molar-refractivity contribution >= 4 is 17.7 Å². The maximum Gasteiger partial charge on any atom is 0.336 e. The van der Waals surface area contributed by atoms with Crippen LogP contribution in [0.25, 0.3) is 0 Å². The Balaban J connectivity index is 2.02. The average Bonchev–Trinajstić information content (AvgIpc) is 2.76. The molecule has 1 aliphatic heterocycles. The largest absolute Gasteiger partial charge is 0.462 e. The standard InChI is InChI=1S/C25H26N2O2S/c1-4-14-29-25(28)23-18(3)27-17(2)21(15-26)24(23)20-12-8-9-13-22(20)30-16-19-10-6-5-7-11-19/h5-13,24,27H,4,14,16H2,1-3H3. The first-order valence-corrected chi connectivity index (χ1v) is 11.1. The van der Waals surface area contributed by atoms with Gasteiger partial charge in [0.25, 0.3) is 0 Å². The number of nitrogens with one attached hydrogen (secondary N) is 1. The van der Waals surface area contributed by atoms with Gasteiger partial charge in [0.15, 0.2) is 0 Å². The molecule has 0 spiro atoms. The zero-order chi connectivity index (χ0) is 21.5. The van der Waals surface area contributed by atoms with Crippen LogP contribution in [0.15, 0.2) is 82.0 Å². The summed E-state index contributed by atoms with van der Waals surface area (Å²) in [5.41, 5.74) is 4.76. The molecule has 154 valence electrons. The van der Waals surface area contributed by atoms with E-state index in [4.69, 9.17) is 4.74 Å². The molecule has 0 saturated carbocycles. The van der Waals surface area contributed by atoms with Gasteiger partial charge in [0, 0.05) is 22.0 Å². The molecule has 0 bridgehead atoms. The van der Waals surface area contributed by atoms with Gasteiger partial charge >= 0.3 is 5.97 Å². The number of benzene rings is 2. The minimum absolute atomic E-state index is 0.358. The Labute approximate surface area is 182 Å². The molecule has 1 heterocycles. The van der Waals surface area contributed by atoms with Crippen molar-refractivity contribution in [3.63, 3.8) is 0 Å². The van der Waals surface area contributed by atoms with Gasteiger partial charge in [-0.2, -0.15) is 5.26 Å². The van der Waals surface area contributed by atoms with Crippen molar-refractivity contribution in [2.24, 2.45) is 0 Å². The lowest BCUT2D eigenvalue weighted by molar-refractivity contribution is -0.139. The minimum Gasteiger partial charge on any atom is -0.462 e. The summed E-state index contributed by atoms with van der Waals surface area (Å²) in [6.07, 6.45) is 0.750. The van der Waals surface area contributed by atoms with Crippen LogP contribution >= 0.6 is 11.8 Å². The van der Waals surface area contributed by atoms with E-state index in [-0.39, 0.29) is 5.97 Å². The van der Waals surface area contributed by atoms with E-state index in [0.717, 1.165) is 34.0 Å². The molecule has 0 fully saturated rings. The highest BCUT2D eigenvalue weighted by Gasteiger charge is 2.35. The molecule has 1 atom stereocenters. The molecule has 0 aromatic heterocycles. The maximum absolute atomic E-state index is 13.0. The van der Waals surface area contributed by atoms with Crippen LogP contribution in [0.5, 0.6) is 0 Å². The van der Waals surface area contributed by atoms with Crippen LogP contribution in [0.2, 0.25) is 0 Å². The molecule has 0 radical (unpaired) electrons. The van der Waals surface area contributed by atoms with Crippen LogP contribution in [0.4, 0.5) is 0 Å². The smallest absolute Gasteiger partial charge is 0.336 e. The number of esters is 1. The van der Waals surface area contributed by atoms with E-state index in [2.05, 4.69) is 29.6 Å². The summed E-state index contributed by atoms with van der Waals surface area (Å²) < 4.78 is 5.47. The lowest BCUT2D eigenvalue weighted by atomic mass is 9.81. The van der Waals surface area contributed by atoms with Gasteiger partial charge in [0.1, 0.15) is 0 Å². The van der Waals surface area contributed by atoms with Crippen LogP contribution < -0.4 is 5.32 Å². The molecule has 5 heteroatoms. The molecule has 1 N–H and O–H groups in total. The fourth-order valence-electron chi connectivity index (χ4n) is 3.58. The summed E-state index contributed by atoms with van der Waals surface area (Å²) in [6, 6.07) is 20.6. The van der Waals surface area contributed by atoms with Gasteiger partial charge in [-0.1, -0.05) is 55.5 Å². The Kier molecular flexibility index (Phi) is 7.37. The Morgan fingerprint density at radius 2 is 1.80 bits per heavy atom. The average molecular weight is 419 g/mol. The predicted molar refractivity (Wildman–Crippen MR) is 121 cm³/mol. The van der Waals surface area contributed by atoms with E-state index >= 15 is 0 Å². The molecular formula is C25H26N2O2S. The predicted octanol–water partition coefficient (Wildman–Crippen LogP) is 5.69. The zero-order valence-electron chi connectivity index (χ0n) is 17.6. The van der Waals surface area contributed by atoms with E-state index in [1.807, 2.05) is 57.2 Å². The number of nitriles is 1. The summed E-state index contributed by atoms with van der Waals surface area (Å²) in [5.74, 6) is 0.00108. The second-order valence-electron chi connectivity index (χ2n) is 7.20. The fraction of sp³-hybridized carbons (Fsp3) is 0.280. The lowest BCUT2D eigenvalue weighted by Gasteiger charge is -2.29. The molecule has 2 aromatic rings. The number of carbonyl (C=O) groups is 1. The van der Waals surface area contributed by atoms with Gasteiger partial charge < -0.3 is 10.1 Å². The number of allylic oxidation sites excluding steroid dienone is 3. The monoisotopic (exact) mass is 418 g/mol. The third-order valence-corrected chi connectivity index (χ3v) is 6.17. The number of hydrogen-bond donors (Lipinski definition) is 1. The number of hydrogen-bond acceptors (Lipinski definition) is 5. The second-order valence-corrected chi connectivity index (χ2v) is 8.21. The van der Waals surface area contributed by atoms with Crippen molar-refractivity contribution in [2.75, 3.05) is 6.61 Å². The van der Waals surface area contributed by atoms with Crippen LogP contribution in [0, 0.1) is 11.3 Å². The first-order chi connectivity index (χ1) is 14.6. The van der Waals surface area contributed by atoms with Gasteiger partial charge in [0.05, 0.1) is 29.7 Å². The van der Waals surface area contributed by atoms with Crippen molar-refractivity contribution < 1.29 is 9.53 Å². The zero-order valence-corrected chi connectivity index (χ0v) is 18.4. The Morgan fingerprint density at radius 1 is 1.10 bits per heavy atom. The van der Waals surface area contributed by atoms with Gasteiger partial charge in [-0.05, 0) is 37.5 Å². The minimum atomic E-state index is -0.444. The molecule has 1 aliphatic rings. The number of ether oxygens (including phenoxy) is 1. The third kappa shape index (κ3) is 4.77. The highest BCUT2D eigenvalue weighted by atomic mass is 32.2. The third-order valence-electron chi connectivity index (χ3n) is 5.01. The van der Waals surface area contributed by atoms with E-state index in [0.29, 0.717) is 17.8 Å². The molecule has 0 aliphatic carbocycles. The van der Waals surface area contributed by atoms with Crippen LogP contribution in [0.3, 0.4) is 0 Å². The summed E-state index contributed by atoms with van der Waals surface area (Å²) >= 11 is 1.71. The van der Waals surface area contributed by atoms with E-state index in [1.54, 1.807) is 11.8 Å². The van der Waals surface area contributed by atoms with Crippen LogP contribution in [0.1, 0.15) is 44.2 Å². The van der Waals surface area contributed by atoms with Gasteiger partial charge in [-0.15, -0.1) is 11.8 Å². The highest BCUT2D eigenvalue weighted by molar-refractivity contribution is 7.98. The Morgan fingerprint density at radius 3 is 2.50 bits per heavy atom. The van der Waals surface area contributed by atoms with Crippen molar-refractivity contribution in [1.82, 2.24) is 5.32 Å². The second kappa shape index (κ2) is 10.2. The number of rotatable bonds is 7. The number of thioether (sulfide) groups is 1. The fourth-order valence-corrected chi connectivity index (χ4v) is 4.62. The maximum atomic E-state index is 13.0. The summed E-state index contributed by atoms with van der Waals surface area (Å²) in [7, 11) is 0. The summed E-state index contributed by atoms with van der Waals surface area (Å²) in [6.45, 7) is 6.07. The molecule has 4 nitrogen and oxygen atoms in total. The SMILES string of the molecule is CCCOC(=O)C1=C(C)NC(C)=C(C#N)C1c1ccccc1SCc1ccccc1. The number of dihydropyridines is 1. The van der Waals surface area contributed by atoms with E-state index in [9.17, 15) is 10.1 Å². The van der Waals surface area contributed by atoms with Crippen LogP contribution in [-0.2, 0) is 15.3 Å². The van der Waals surface area contributed by atoms with E-state index in [1.165, 1.54) is 5.56 Å². The molecular weight excluding hydrogens is 392 g/mol. The first-order valence-electron chi connectivity index (χ1n) is 10.1. The number of carbonyl (C=O) groups excluding carboxylic acids is 1. The molecule has 30 heavy (non-hydrogen) atoms. The Hall–Kier alpha value is -2.97. The molecule has 0 saturated heterocycles. The van der Waals surface area contributed by atoms with Crippen molar-refractivity contribution in [3.05, 3.63) is 88.3 Å².